The molecule has 2 aromatic rings. The molecule has 0 fully saturated rings. The molecular weight excluding hydrogens is 345 g/mol. The largest absolute Gasteiger partial charge is 0.496 e. The van der Waals surface area contributed by atoms with Crippen molar-refractivity contribution in [2.75, 3.05) is 7.11 Å². The van der Waals surface area contributed by atoms with E-state index in [0.717, 1.165) is 6.07 Å². The van der Waals surface area contributed by atoms with Gasteiger partial charge in [-0.15, -0.1) is 0 Å². The minimum atomic E-state index is -3.82. The first-order valence-corrected chi connectivity index (χ1v) is 9.21. The molecule has 5 nitrogen and oxygen atoms in total. The Kier molecular flexibility index (Phi) is 4.62. The van der Waals surface area contributed by atoms with Crippen molar-refractivity contribution in [3.8, 4) is 5.75 Å². The molecule has 0 aromatic heterocycles. The lowest BCUT2D eigenvalue weighted by Crippen LogP contribution is -2.29. The summed E-state index contributed by atoms with van der Waals surface area (Å²) >= 11 is 0. The van der Waals surface area contributed by atoms with Crippen LogP contribution in [0.4, 0.5) is 4.39 Å². The summed E-state index contributed by atoms with van der Waals surface area (Å²) in [6.45, 7) is 1.44. The summed E-state index contributed by atoms with van der Waals surface area (Å²) in [5, 5.41) is 0. The number of hydrogen-bond acceptors (Lipinski definition) is 4. The highest BCUT2D eigenvalue weighted by Crippen LogP contribution is 2.43. The third kappa shape index (κ3) is 3.17. The van der Waals surface area contributed by atoms with Crippen molar-refractivity contribution in [3.05, 3.63) is 59.4 Å². The van der Waals surface area contributed by atoms with Gasteiger partial charge in [-0.25, -0.2) is 12.8 Å². The molecule has 0 unspecified atom stereocenters. The number of rotatable bonds is 5. The fourth-order valence-electron chi connectivity index (χ4n) is 3.14. The van der Waals surface area contributed by atoms with Gasteiger partial charge in [0, 0.05) is 18.5 Å². The van der Waals surface area contributed by atoms with Crippen LogP contribution in [0.2, 0.25) is 0 Å². The third-order valence-corrected chi connectivity index (χ3v) is 6.19. The van der Waals surface area contributed by atoms with Crippen LogP contribution >= 0.6 is 0 Å². The van der Waals surface area contributed by atoms with E-state index in [2.05, 4.69) is 0 Å². The molecule has 0 radical (unpaired) electrons. The maximum absolute atomic E-state index is 13.7. The van der Waals surface area contributed by atoms with Crippen molar-refractivity contribution in [1.82, 2.24) is 4.31 Å². The Hall–Kier alpha value is -2.25. The van der Waals surface area contributed by atoms with E-state index < -0.39 is 21.9 Å². The Morgan fingerprint density at radius 1 is 1.24 bits per heavy atom. The van der Waals surface area contributed by atoms with E-state index in [0.29, 0.717) is 16.9 Å². The molecule has 1 atom stereocenters. The zero-order valence-electron chi connectivity index (χ0n) is 13.9. The molecule has 1 aliphatic heterocycles. The van der Waals surface area contributed by atoms with Crippen LogP contribution in [-0.2, 0) is 21.4 Å². The smallest absolute Gasteiger partial charge is 0.244 e. The quantitative estimate of drug-likeness (QED) is 0.819. The molecule has 0 bridgehead atoms. The van der Waals surface area contributed by atoms with Crippen molar-refractivity contribution in [2.24, 2.45) is 0 Å². The molecule has 0 spiro atoms. The second-order valence-electron chi connectivity index (χ2n) is 5.97. The molecule has 132 valence electrons. The fraction of sp³-hybridized carbons (Fsp3) is 0.278. The van der Waals surface area contributed by atoms with E-state index in [-0.39, 0.29) is 23.6 Å². The summed E-state index contributed by atoms with van der Waals surface area (Å²) in [6, 6.07) is 9.93. The second kappa shape index (κ2) is 6.57. The number of hydrogen-bond donors (Lipinski definition) is 0. The van der Waals surface area contributed by atoms with Crippen LogP contribution in [0.1, 0.15) is 30.5 Å². The Balaban J connectivity index is 2.09. The molecular formula is C18H18FNO4S. The minimum absolute atomic E-state index is 0.00909. The first-order valence-electron chi connectivity index (χ1n) is 7.77. The maximum atomic E-state index is 13.7. The zero-order valence-corrected chi connectivity index (χ0v) is 14.7. The van der Waals surface area contributed by atoms with Gasteiger partial charge in [0.1, 0.15) is 17.3 Å². The van der Waals surface area contributed by atoms with Crippen molar-refractivity contribution < 1.29 is 22.3 Å². The highest BCUT2D eigenvalue weighted by Gasteiger charge is 2.43. The van der Waals surface area contributed by atoms with Gasteiger partial charge < -0.3 is 4.74 Å². The first-order chi connectivity index (χ1) is 11.8. The summed E-state index contributed by atoms with van der Waals surface area (Å²) in [5.74, 6) is -0.134. The Morgan fingerprint density at radius 2 is 1.96 bits per heavy atom. The maximum Gasteiger partial charge on any atom is 0.244 e. The topological polar surface area (TPSA) is 63.7 Å². The standard InChI is InChI=1S/C18H18FNO4S/c1-12(21)9-16-15-10-14(19)7-8-18(15)25(22,23)20(16)11-13-5-3-4-6-17(13)24-2/h3-8,10,16H,9,11H2,1-2H3/t16-/m0/s1. The summed E-state index contributed by atoms with van der Waals surface area (Å²) in [5.41, 5.74) is 1.00. The van der Waals surface area contributed by atoms with Crippen molar-refractivity contribution in [2.45, 2.75) is 30.8 Å². The highest BCUT2D eigenvalue weighted by atomic mass is 32.2. The SMILES string of the molecule is COc1ccccc1CN1[C@@H](CC(C)=O)c2cc(F)ccc2S1(=O)=O. The number of methoxy groups -OCH3 is 1. The van der Waals surface area contributed by atoms with Crippen LogP contribution in [-0.4, -0.2) is 25.6 Å². The first kappa shape index (κ1) is 17.6. The average molecular weight is 363 g/mol. The van der Waals surface area contributed by atoms with E-state index in [9.17, 15) is 17.6 Å². The predicted octanol–water partition coefficient (Wildman–Crippen LogP) is 3.06. The van der Waals surface area contributed by atoms with Gasteiger partial charge in [0.2, 0.25) is 10.0 Å². The number of para-hydroxylation sites is 1. The van der Waals surface area contributed by atoms with Crippen LogP contribution in [0, 0.1) is 5.82 Å². The number of sulfonamides is 1. The van der Waals surface area contributed by atoms with Crippen molar-refractivity contribution >= 4 is 15.8 Å². The number of ketones is 1. The molecule has 0 saturated carbocycles. The van der Waals surface area contributed by atoms with E-state index in [1.165, 1.54) is 30.5 Å². The fourth-order valence-corrected chi connectivity index (χ4v) is 4.96. The van der Waals surface area contributed by atoms with Crippen molar-refractivity contribution in [1.29, 1.82) is 0 Å². The van der Waals surface area contributed by atoms with Crippen molar-refractivity contribution in [3.63, 3.8) is 0 Å². The van der Waals surface area contributed by atoms with Crippen LogP contribution in [0.15, 0.2) is 47.4 Å². The highest BCUT2D eigenvalue weighted by molar-refractivity contribution is 7.89. The van der Waals surface area contributed by atoms with Gasteiger partial charge in [0.05, 0.1) is 18.0 Å². The van der Waals surface area contributed by atoms with Gasteiger partial charge in [-0.3, -0.25) is 4.79 Å². The van der Waals surface area contributed by atoms with E-state index >= 15 is 0 Å². The van der Waals surface area contributed by atoms with Gasteiger partial charge in [-0.05, 0) is 36.8 Å². The van der Waals surface area contributed by atoms with Crippen LogP contribution in [0.3, 0.4) is 0 Å². The number of nitrogens with zero attached hydrogens (tertiary/aromatic N) is 1. The second-order valence-corrected chi connectivity index (χ2v) is 7.83. The zero-order chi connectivity index (χ0) is 18.2. The predicted molar refractivity (Wildman–Crippen MR) is 90.2 cm³/mol. The van der Waals surface area contributed by atoms with Gasteiger partial charge in [0.15, 0.2) is 0 Å². The number of carbonyl (C=O) groups is 1. The van der Waals surface area contributed by atoms with Crippen LogP contribution < -0.4 is 4.74 Å². The van der Waals surface area contributed by atoms with Gasteiger partial charge in [0.25, 0.3) is 0 Å². The summed E-state index contributed by atoms with van der Waals surface area (Å²) in [7, 11) is -2.31. The van der Waals surface area contributed by atoms with E-state index in [1.54, 1.807) is 24.3 Å². The molecule has 1 heterocycles. The average Bonchev–Trinajstić information content (AvgIpc) is 2.75. The Morgan fingerprint density at radius 3 is 2.64 bits per heavy atom. The molecule has 0 saturated heterocycles. The number of halogens is 1. The number of benzene rings is 2. The molecule has 1 aliphatic rings. The van der Waals surface area contributed by atoms with Crippen LogP contribution in [0.5, 0.6) is 5.75 Å². The van der Waals surface area contributed by atoms with E-state index in [1.807, 2.05) is 0 Å². The molecule has 25 heavy (non-hydrogen) atoms. The Labute approximate surface area is 146 Å². The third-order valence-electron chi connectivity index (χ3n) is 4.26. The lowest BCUT2D eigenvalue weighted by atomic mass is 10.0. The van der Waals surface area contributed by atoms with Gasteiger partial charge in [-0.2, -0.15) is 4.31 Å². The summed E-state index contributed by atoms with van der Waals surface area (Å²) in [4.78, 5) is 11.7. The monoisotopic (exact) mass is 363 g/mol. The number of carbonyl (C=O) groups excluding carboxylic acids is 1. The molecule has 7 heteroatoms. The number of fused-ring (bicyclic) bond motifs is 1. The Bertz CT molecular complexity index is 926. The van der Waals surface area contributed by atoms with Crippen LogP contribution in [0.25, 0.3) is 0 Å². The molecule has 0 aliphatic carbocycles. The molecule has 0 amide bonds. The van der Waals surface area contributed by atoms with E-state index in [4.69, 9.17) is 4.74 Å². The molecule has 0 N–H and O–H groups in total. The van der Waals surface area contributed by atoms with Gasteiger partial charge >= 0.3 is 0 Å². The minimum Gasteiger partial charge on any atom is -0.496 e. The molecule has 2 aromatic carbocycles. The number of ether oxygens (including phenoxy) is 1. The number of Topliss-reactive ketones (excluding diaryl/α,β-unsaturated/α-hetero) is 1. The van der Waals surface area contributed by atoms with Gasteiger partial charge in [-0.1, -0.05) is 18.2 Å². The molecule has 3 rings (SSSR count). The summed E-state index contributed by atoms with van der Waals surface area (Å²) in [6.07, 6.45) is -0.00909. The normalized spacial score (nSPS) is 18.8. The lowest BCUT2D eigenvalue weighted by molar-refractivity contribution is -0.117. The lowest BCUT2D eigenvalue weighted by Gasteiger charge is -2.23. The summed E-state index contributed by atoms with van der Waals surface area (Å²) < 4.78 is 46.1.